The van der Waals surface area contributed by atoms with Crippen LogP contribution in [0.2, 0.25) is 0 Å². The van der Waals surface area contributed by atoms with Gasteiger partial charge < -0.3 is 5.32 Å². The van der Waals surface area contributed by atoms with Gasteiger partial charge in [0.2, 0.25) is 0 Å². The molecule has 0 bridgehead atoms. The van der Waals surface area contributed by atoms with E-state index in [-0.39, 0.29) is 11.8 Å². The van der Waals surface area contributed by atoms with Gasteiger partial charge in [0.15, 0.2) is 0 Å². The van der Waals surface area contributed by atoms with Crippen molar-refractivity contribution in [3.05, 3.63) is 46.7 Å². The standard InChI is InChI=1S/C15H17NOS/c1-11(17)15(16-2)9-12-3-5-13(6-4-12)14-7-8-18-10-14/h3-8,10,15-16H,9H2,1-2H3/t15-/m0/s1. The number of carbonyl (C=O) groups is 1. The van der Waals surface area contributed by atoms with Gasteiger partial charge in [0, 0.05) is 0 Å². The molecule has 1 N–H and O–H groups in total. The van der Waals surface area contributed by atoms with Crippen LogP contribution in [0.25, 0.3) is 11.1 Å². The highest BCUT2D eigenvalue weighted by Crippen LogP contribution is 2.22. The third-order valence-corrected chi connectivity index (χ3v) is 3.77. The minimum absolute atomic E-state index is 0.0861. The molecule has 0 saturated heterocycles. The number of hydrogen-bond acceptors (Lipinski definition) is 3. The Hall–Kier alpha value is -1.45. The van der Waals surface area contributed by atoms with Gasteiger partial charge in [-0.2, -0.15) is 11.3 Å². The van der Waals surface area contributed by atoms with Crippen LogP contribution in [0.15, 0.2) is 41.1 Å². The molecule has 0 aliphatic heterocycles. The third kappa shape index (κ3) is 3.06. The number of nitrogens with one attached hydrogen (secondary N) is 1. The van der Waals surface area contributed by atoms with Gasteiger partial charge in [0.25, 0.3) is 0 Å². The smallest absolute Gasteiger partial charge is 0.147 e. The molecule has 3 heteroatoms. The van der Waals surface area contributed by atoms with Crippen molar-refractivity contribution in [2.24, 2.45) is 0 Å². The van der Waals surface area contributed by atoms with Crippen molar-refractivity contribution < 1.29 is 4.79 Å². The number of benzene rings is 1. The molecule has 0 saturated carbocycles. The van der Waals surface area contributed by atoms with Gasteiger partial charge in [-0.3, -0.25) is 4.79 Å². The van der Waals surface area contributed by atoms with Crippen molar-refractivity contribution in [1.29, 1.82) is 0 Å². The molecule has 2 rings (SSSR count). The molecule has 0 unspecified atom stereocenters. The van der Waals surface area contributed by atoms with Crippen LogP contribution in [0.5, 0.6) is 0 Å². The molecule has 0 fully saturated rings. The van der Waals surface area contributed by atoms with E-state index in [2.05, 4.69) is 46.4 Å². The summed E-state index contributed by atoms with van der Waals surface area (Å²) in [6, 6.07) is 10.5. The van der Waals surface area contributed by atoms with Crippen LogP contribution in [0.3, 0.4) is 0 Å². The monoisotopic (exact) mass is 259 g/mol. The Balaban J connectivity index is 2.10. The van der Waals surface area contributed by atoms with Crippen LogP contribution < -0.4 is 5.32 Å². The van der Waals surface area contributed by atoms with E-state index < -0.39 is 0 Å². The molecule has 94 valence electrons. The van der Waals surface area contributed by atoms with E-state index >= 15 is 0 Å². The Morgan fingerprint density at radius 3 is 2.44 bits per heavy atom. The number of ketones is 1. The molecule has 0 aliphatic rings. The van der Waals surface area contributed by atoms with Gasteiger partial charge in [-0.05, 0) is 53.9 Å². The van der Waals surface area contributed by atoms with E-state index in [1.54, 1.807) is 18.3 Å². The normalized spacial score (nSPS) is 12.3. The molecule has 1 aromatic heterocycles. The SMILES string of the molecule is CN[C@@H](Cc1ccc(-c2ccsc2)cc1)C(C)=O. The molecule has 0 aliphatic carbocycles. The maximum atomic E-state index is 11.4. The fraction of sp³-hybridized carbons (Fsp3) is 0.267. The zero-order valence-corrected chi connectivity index (χ0v) is 11.5. The maximum absolute atomic E-state index is 11.4. The summed E-state index contributed by atoms with van der Waals surface area (Å²) in [7, 11) is 1.83. The lowest BCUT2D eigenvalue weighted by atomic mass is 10.0. The average molecular weight is 259 g/mol. The van der Waals surface area contributed by atoms with Crippen LogP contribution >= 0.6 is 11.3 Å². The molecule has 0 amide bonds. The molecular formula is C15H17NOS. The zero-order chi connectivity index (χ0) is 13.0. The first-order valence-corrected chi connectivity index (χ1v) is 6.94. The van der Waals surface area contributed by atoms with Crippen LogP contribution in [-0.4, -0.2) is 18.9 Å². The summed E-state index contributed by atoms with van der Waals surface area (Å²) < 4.78 is 0. The highest BCUT2D eigenvalue weighted by atomic mass is 32.1. The Morgan fingerprint density at radius 1 is 1.22 bits per heavy atom. The van der Waals surface area contributed by atoms with E-state index in [1.165, 1.54) is 16.7 Å². The fourth-order valence-electron chi connectivity index (χ4n) is 1.95. The summed E-state index contributed by atoms with van der Waals surface area (Å²) in [5.74, 6) is 0.180. The lowest BCUT2D eigenvalue weighted by Gasteiger charge is -2.12. The molecule has 2 nitrogen and oxygen atoms in total. The van der Waals surface area contributed by atoms with Crippen molar-refractivity contribution in [2.75, 3.05) is 7.05 Å². The van der Waals surface area contributed by atoms with Gasteiger partial charge in [0.05, 0.1) is 6.04 Å². The topological polar surface area (TPSA) is 29.1 Å². The second kappa shape index (κ2) is 5.94. The van der Waals surface area contributed by atoms with Crippen molar-refractivity contribution in [1.82, 2.24) is 5.32 Å². The van der Waals surface area contributed by atoms with Gasteiger partial charge in [-0.1, -0.05) is 24.3 Å². The van der Waals surface area contributed by atoms with Crippen LogP contribution in [0, 0.1) is 0 Å². The molecule has 0 radical (unpaired) electrons. The Morgan fingerprint density at radius 2 is 1.94 bits per heavy atom. The number of carbonyl (C=O) groups excluding carboxylic acids is 1. The van der Waals surface area contributed by atoms with Crippen molar-refractivity contribution >= 4 is 17.1 Å². The van der Waals surface area contributed by atoms with Gasteiger partial charge in [-0.25, -0.2) is 0 Å². The number of rotatable bonds is 5. The Labute approximate surface area is 112 Å². The van der Waals surface area contributed by atoms with E-state index in [9.17, 15) is 4.79 Å². The summed E-state index contributed by atoms with van der Waals surface area (Å²) in [5, 5.41) is 7.26. The molecule has 2 aromatic rings. The van der Waals surface area contributed by atoms with Gasteiger partial charge in [-0.15, -0.1) is 0 Å². The van der Waals surface area contributed by atoms with E-state index in [0.717, 1.165) is 6.42 Å². The van der Waals surface area contributed by atoms with Gasteiger partial charge in [0.1, 0.15) is 5.78 Å². The summed E-state index contributed by atoms with van der Waals surface area (Å²) in [5.41, 5.74) is 3.66. The van der Waals surface area contributed by atoms with Crippen molar-refractivity contribution in [3.63, 3.8) is 0 Å². The number of hydrogen-bond donors (Lipinski definition) is 1. The first kappa shape index (κ1) is 13.0. The summed E-state index contributed by atoms with van der Waals surface area (Å²) in [6.45, 7) is 1.63. The fourth-order valence-corrected chi connectivity index (χ4v) is 2.61. The highest BCUT2D eigenvalue weighted by molar-refractivity contribution is 7.08. The molecular weight excluding hydrogens is 242 g/mol. The lowest BCUT2D eigenvalue weighted by Crippen LogP contribution is -2.34. The predicted molar refractivity (Wildman–Crippen MR) is 77.0 cm³/mol. The van der Waals surface area contributed by atoms with E-state index in [1.807, 2.05) is 7.05 Å². The zero-order valence-electron chi connectivity index (χ0n) is 10.6. The second-order valence-corrected chi connectivity index (χ2v) is 5.15. The molecule has 0 spiro atoms. The van der Waals surface area contributed by atoms with Crippen LogP contribution in [0.4, 0.5) is 0 Å². The lowest BCUT2D eigenvalue weighted by molar-refractivity contribution is -0.118. The molecule has 1 atom stereocenters. The predicted octanol–water partition coefficient (Wildman–Crippen LogP) is 3.13. The Bertz CT molecular complexity index is 502. The molecule has 1 heterocycles. The second-order valence-electron chi connectivity index (χ2n) is 4.36. The van der Waals surface area contributed by atoms with Crippen molar-refractivity contribution in [2.45, 2.75) is 19.4 Å². The number of likely N-dealkylation sites (N-methyl/N-ethyl adjacent to an activating group) is 1. The average Bonchev–Trinajstić information content (AvgIpc) is 2.90. The largest absolute Gasteiger partial charge is 0.310 e. The number of thiophene rings is 1. The third-order valence-electron chi connectivity index (χ3n) is 3.09. The van der Waals surface area contributed by atoms with E-state index in [4.69, 9.17) is 0 Å². The summed E-state index contributed by atoms with van der Waals surface area (Å²) >= 11 is 1.70. The quantitative estimate of drug-likeness (QED) is 0.893. The maximum Gasteiger partial charge on any atom is 0.147 e. The van der Waals surface area contributed by atoms with Crippen LogP contribution in [-0.2, 0) is 11.2 Å². The minimum Gasteiger partial charge on any atom is -0.310 e. The Kier molecular flexibility index (Phi) is 4.28. The summed E-state index contributed by atoms with van der Waals surface area (Å²) in [4.78, 5) is 11.4. The minimum atomic E-state index is -0.0861. The van der Waals surface area contributed by atoms with Gasteiger partial charge >= 0.3 is 0 Å². The molecule has 18 heavy (non-hydrogen) atoms. The van der Waals surface area contributed by atoms with Crippen molar-refractivity contribution in [3.8, 4) is 11.1 Å². The first-order valence-electron chi connectivity index (χ1n) is 6.00. The summed E-state index contributed by atoms with van der Waals surface area (Å²) in [6.07, 6.45) is 0.746. The number of Topliss-reactive ketones (excluding diaryl/α,β-unsaturated/α-hetero) is 1. The molecule has 1 aromatic carbocycles. The van der Waals surface area contributed by atoms with Crippen LogP contribution in [0.1, 0.15) is 12.5 Å². The first-order chi connectivity index (χ1) is 8.70. The van der Waals surface area contributed by atoms with E-state index in [0.29, 0.717) is 0 Å². The highest BCUT2D eigenvalue weighted by Gasteiger charge is 2.11.